The van der Waals surface area contributed by atoms with E-state index in [1.807, 2.05) is 0 Å². The standard InChI is InChI=1S/C16H21NO5/c1-4-5-6-7-14(18)17-13-9-11(15(19)21-2)8-12(10-13)16(20)22-3/h8-10H,4-7H2,1-3H3,(H,17,18). The number of ether oxygens (including phenoxy) is 2. The van der Waals surface area contributed by atoms with Crippen LogP contribution in [0.15, 0.2) is 18.2 Å². The Morgan fingerprint density at radius 2 is 1.50 bits per heavy atom. The Morgan fingerprint density at radius 1 is 0.955 bits per heavy atom. The normalized spacial score (nSPS) is 9.95. The Hall–Kier alpha value is -2.37. The first-order valence-electron chi connectivity index (χ1n) is 7.13. The van der Waals surface area contributed by atoms with E-state index < -0.39 is 11.9 Å². The highest BCUT2D eigenvalue weighted by Crippen LogP contribution is 2.17. The Morgan fingerprint density at radius 3 is 1.95 bits per heavy atom. The molecule has 0 saturated heterocycles. The average Bonchev–Trinajstić information content (AvgIpc) is 2.53. The number of esters is 2. The van der Waals surface area contributed by atoms with E-state index in [2.05, 4.69) is 21.7 Å². The smallest absolute Gasteiger partial charge is 0.337 e. The third-order valence-electron chi connectivity index (χ3n) is 3.07. The lowest BCUT2D eigenvalue weighted by Gasteiger charge is -2.09. The van der Waals surface area contributed by atoms with E-state index in [1.165, 1.54) is 32.4 Å². The molecule has 0 aliphatic carbocycles. The van der Waals surface area contributed by atoms with Gasteiger partial charge in [0.05, 0.1) is 25.3 Å². The van der Waals surface area contributed by atoms with Crippen LogP contribution >= 0.6 is 0 Å². The molecule has 0 aromatic heterocycles. The van der Waals surface area contributed by atoms with Gasteiger partial charge in [0.2, 0.25) is 5.91 Å². The largest absolute Gasteiger partial charge is 0.465 e. The number of hydrogen-bond acceptors (Lipinski definition) is 5. The van der Waals surface area contributed by atoms with Gasteiger partial charge in [0.1, 0.15) is 0 Å². The Kier molecular flexibility index (Phi) is 7.08. The molecule has 0 aliphatic rings. The number of rotatable bonds is 7. The first-order chi connectivity index (χ1) is 10.5. The van der Waals surface area contributed by atoms with Gasteiger partial charge in [0.25, 0.3) is 0 Å². The van der Waals surface area contributed by atoms with Crippen LogP contribution in [-0.4, -0.2) is 32.1 Å². The van der Waals surface area contributed by atoms with Crippen LogP contribution in [0.4, 0.5) is 5.69 Å². The molecule has 0 saturated carbocycles. The summed E-state index contributed by atoms with van der Waals surface area (Å²) in [6.45, 7) is 2.06. The summed E-state index contributed by atoms with van der Waals surface area (Å²) in [7, 11) is 2.49. The minimum absolute atomic E-state index is 0.161. The number of carbonyl (C=O) groups is 3. The molecule has 6 nitrogen and oxygen atoms in total. The van der Waals surface area contributed by atoms with Crippen molar-refractivity contribution in [1.29, 1.82) is 0 Å². The molecule has 6 heteroatoms. The van der Waals surface area contributed by atoms with E-state index in [9.17, 15) is 14.4 Å². The van der Waals surface area contributed by atoms with E-state index in [4.69, 9.17) is 0 Å². The summed E-state index contributed by atoms with van der Waals surface area (Å²) in [5, 5.41) is 2.69. The van der Waals surface area contributed by atoms with Crippen LogP contribution in [0.3, 0.4) is 0 Å². The van der Waals surface area contributed by atoms with Gasteiger partial charge >= 0.3 is 11.9 Å². The maximum Gasteiger partial charge on any atom is 0.337 e. The number of nitrogens with one attached hydrogen (secondary N) is 1. The van der Waals surface area contributed by atoms with Gasteiger partial charge in [0.15, 0.2) is 0 Å². The van der Waals surface area contributed by atoms with Gasteiger partial charge in [-0.05, 0) is 24.6 Å². The number of unbranched alkanes of at least 4 members (excludes halogenated alkanes) is 2. The highest BCUT2D eigenvalue weighted by molar-refractivity contribution is 5.99. The number of methoxy groups -OCH3 is 2. The van der Waals surface area contributed by atoms with Crippen LogP contribution in [0.1, 0.15) is 53.3 Å². The van der Waals surface area contributed by atoms with Gasteiger partial charge in [-0.25, -0.2) is 9.59 Å². The van der Waals surface area contributed by atoms with Crippen molar-refractivity contribution in [2.45, 2.75) is 32.6 Å². The van der Waals surface area contributed by atoms with Gasteiger partial charge in [-0.2, -0.15) is 0 Å². The van der Waals surface area contributed by atoms with Crippen LogP contribution in [0.5, 0.6) is 0 Å². The zero-order valence-electron chi connectivity index (χ0n) is 13.1. The number of benzene rings is 1. The highest BCUT2D eigenvalue weighted by Gasteiger charge is 2.14. The molecule has 0 spiro atoms. The Bertz CT molecular complexity index is 519. The molecule has 1 rings (SSSR count). The molecule has 1 N–H and O–H groups in total. The predicted molar refractivity (Wildman–Crippen MR) is 81.9 cm³/mol. The summed E-state index contributed by atoms with van der Waals surface area (Å²) >= 11 is 0. The molecule has 0 unspecified atom stereocenters. The number of hydrogen-bond donors (Lipinski definition) is 1. The first-order valence-corrected chi connectivity index (χ1v) is 7.13. The lowest BCUT2D eigenvalue weighted by atomic mass is 10.1. The van der Waals surface area contributed by atoms with E-state index in [-0.39, 0.29) is 17.0 Å². The van der Waals surface area contributed by atoms with Crippen LogP contribution in [0.2, 0.25) is 0 Å². The molecular formula is C16H21NO5. The SMILES string of the molecule is CCCCCC(=O)Nc1cc(C(=O)OC)cc(C(=O)OC)c1. The number of amides is 1. The van der Waals surface area contributed by atoms with Crippen LogP contribution < -0.4 is 5.32 Å². The first kappa shape index (κ1) is 17.7. The third-order valence-corrected chi connectivity index (χ3v) is 3.07. The van der Waals surface area contributed by atoms with Gasteiger partial charge in [-0.1, -0.05) is 19.8 Å². The van der Waals surface area contributed by atoms with Crippen molar-refractivity contribution in [3.05, 3.63) is 29.3 Å². The van der Waals surface area contributed by atoms with Crippen molar-refractivity contribution in [2.24, 2.45) is 0 Å². The summed E-state index contributed by atoms with van der Waals surface area (Å²) in [4.78, 5) is 35.1. The van der Waals surface area contributed by atoms with Gasteiger partial charge < -0.3 is 14.8 Å². The molecule has 1 amide bonds. The molecule has 0 fully saturated rings. The zero-order valence-corrected chi connectivity index (χ0v) is 13.1. The van der Waals surface area contributed by atoms with Crippen LogP contribution in [0, 0.1) is 0 Å². The van der Waals surface area contributed by atoms with E-state index in [1.54, 1.807) is 0 Å². The lowest BCUT2D eigenvalue weighted by molar-refractivity contribution is -0.116. The maximum absolute atomic E-state index is 11.8. The average molecular weight is 307 g/mol. The van der Waals surface area contributed by atoms with E-state index in [0.717, 1.165) is 19.3 Å². The molecular weight excluding hydrogens is 286 g/mol. The quantitative estimate of drug-likeness (QED) is 0.618. The summed E-state index contributed by atoms with van der Waals surface area (Å²) in [6, 6.07) is 4.30. The van der Waals surface area contributed by atoms with E-state index in [0.29, 0.717) is 12.1 Å². The van der Waals surface area contributed by atoms with Gasteiger partial charge in [-0.3, -0.25) is 4.79 Å². The minimum atomic E-state index is -0.591. The second-order valence-corrected chi connectivity index (χ2v) is 4.79. The number of anilines is 1. The molecule has 1 aromatic carbocycles. The summed E-state index contributed by atoms with van der Waals surface area (Å²) in [5.74, 6) is -1.34. The second-order valence-electron chi connectivity index (χ2n) is 4.79. The summed E-state index contributed by atoms with van der Waals surface area (Å²) in [5.41, 5.74) is 0.716. The maximum atomic E-state index is 11.8. The molecule has 22 heavy (non-hydrogen) atoms. The topological polar surface area (TPSA) is 81.7 Å². The monoisotopic (exact) mass is 307 g/mol. The molecule has 0 aliphatic heterocycles. The summed E-state index contributed by atoms with van der Waals surface area (Å²) < 4.78 is 9.28. The summed E-state index contributed by atoms with van der Waals surface area (Å²) in [6.07, 6.45) is 3.19. The fourth-order valence-corrected chi connectivity index (χ4v) is 1.93. The fourth-order valence-electron chi connectivity index (χ4n) is 1.93. The minimum Gasteiger partial charge on any atom is -0.465 e. The third kappa shape index (κ3) is 5.20. The molecule has 0 heterocycles. The van der Waals surface area contributed by atoms with Gasteiger partial charge in [-0.15, -0.1) is 0 Å². The zero-order chi connectivity index (χ0) is 16.5. The van der Waals surface area contributed by atoms with Crippen LogP contribution in [-0.2, 0) is 14.3 Å². The molecule has 0 atom stereocenters. The second kappa shape index (κ2) is 8.81. The van der Waals surface area contributed by atoms with Crippen molar-refractivity contribution in [2.75, 3.05) is 19.5 Å². The predicted octanol–water partition coefficient (Wildman–Crippen LogP) is 2.78. The van der Waals surface area contributed by atoms with Crippen molar-refractivity contribution in [1.82, 2.24) is 0 Å². The van der Waals surface area contributed by atoms with Crippen molar-refractivity contribution in [3.63, 3.8) is 0 Å². The molecule has 120 valence electrons. The van der Waals surface area contributed by atoms with E-state index >= 15 is 0 Å². The highest BCUT2D eigenvalue weighted by atomic mass is 16.5. The molecule has 0 bridgehead atoms. The Balaban J connectivity index is 2.95. The van der Waals surface area contributed by atoms with Crippen LogP contribution in [0.25, 0.3) is 0 Å². The lowest BCUT2D eigenvalue weighted by Crippen LogP contribution is -2.13. The molecule has 0 radical (unpaired) electrons. The van der Waals surface area contributed by atoms with Crippen molar-refractivity contribution in [3.8, 4) is 0 Å². The number of carbonyl (C=O) groups excluding carboxylic acids is 3. The van der Waals surface area contributed by atoms with Crippen molar-refractivity contribution >= 4 is 23.5 Å². The van der Waals surface area contributed by atoms with Gasteiger partial charge in [0, 0.05) is 12.1 Å². The van der Waals surface area contributed by atoms with Crippen molar-refractivity contribution < 1.29 is 23.9 Å². The molecule has 1 aromatic rings. The Labute approximate surface area is 129 Å². The fraction of sp³-hybridized carbons (Fsp3) is 0.438.